The summed E-state index contributed by atoms with van der Waals surface area (Å²) in [6, 6.07) is 7.55. The van der Waals surface area contributed by atoms with Gasteiger partial charge in [0, 0.05) is 13.0 Å². The highest BCUT2D eigenvalue weighted by Crippen LogP contribution is 2.26. The second-order valence-corrected chi connectivity index (χ2v) is 7.00. The van der Waals surface area contributed by atoms with Crippen LogP contribution in [0.1, 0.15) is 19.8 Å². The van der Waals surface area contributed by atoms with E-state index in [1.807, 2.05) is 31.2 Å². The Morgan fingerprint density at radius 3 is 3.00 bits per heavy atom. The highest BCUT2D eigenvalue weighted by Gasteiger charge is 2.30. The van der Waals surface area contributed by atoms with E-state index in [0.29, 0.717) is 11.6 Å². The van der Waals surface area contributed by atoms with Crippen LogP contribution >= 0.6 is 11.3 Å². The molecule has 7 heteroatoms. The summed E-state index contributed by atoms with van der Waals surface area (Å²) in [6.07, 6.45) is 1.30. The molecule has 1 saturated heterocycles. The first kappa shape index (κ1) is 15.9. The predicted octanol–water partition coefficient (Wildman–Crippen LogP) is 1.82. The molecule has 6 nitrogen and oxygen atoms in total. The number of carbonyl (C=O) groups is 2. The first-order chi connectivity index (χ1) is 11.0. The van der Waals surface area contributed by atoms with E-state index in [4.69, 9.17) is 5.73 Å². The molecule has 0 aliphatic carbocycles. The summed E-state index contributed by atoms with van der Waals surface area (Å²) in [5, 5.41) is 3.52. The smallest absolute Gasteiger partial charge is 0.243 e. The maximum atomic E-state index is 12.4. The molecule has 1 aromatic carbocycles. The Bertz CT molecular complexity index is 697. The van der Waals surface area contributed by atoms with Crippen LogP contribution in [-0.2, 0) is 9.59 Å². The minimum absolute atomic E-state index is 0.0659. The third-order valence-electron chi connectivity index (χ3n) is 4.26. The van der Waals surface area contributed by atoms with E-state index < -0.39 is 0 Å². The quantitative estimate of drug-likeness (QED) is 0.874. The van der Waals surface area contributed by atoms with Gasteiger partial charge in [-0.25, -0.2) is 4.98 Å². The number of fused-ring (bicyclic) bond motifs is 1. The summed E-state index contributed by atoms with van der Waals surface area (Å²) in [6.45, 7) is 3.43. The number of hydrogen-bond donors (Lipinski definition) is 2. The number of nitrogens with two attached hydrogens (primary N) is 1. The van der Waals surface area contributed by atoms with E-state index in [9.17, 15) is 9.59 Å². The number of aromatic nitrogens is 1. The van der Waals surface area contributed by atoms with Crippen LogP contribution in [-0.4, -0.2) is 40.8 Å². The molecule has 0 saturated carbocycles. The van der Waals surface area contributed by atoms with Crippen molar-refractivity contribution in [2.45, 2.75) is 25.8 Å². The summed E-state index contributed by atoms with van der Waals surface area (Å²) in [4.78, 5) is 30.0. The average Bonchev–Trinajstić information content (AvgIpc) is 3.11. The van der Waals surface area contributed by atoms with Crippen molar-refractivity contribution < 1.29 is 9.59 Å². The van der Waals surface area contributed by atoms with Crippen molar-refractivity contribution >= 4 is 38.5 Å². The molecule has 122 valence electrons. The number of rotatable bonds is 5. The van der Waals surface area contributed by atoms with E-state index in [0.717, 1.165) is 29.7 Å². The van der Waals surface area contributed by atoms with Gasteiger partial charge in [-0.3, -0.25) is 14.5 Å². The third-order valence-corrected chi connectivity index (χ3v) is 5.21. The summed E-state index contributed by atoms with van der Waals surface area (Å²) in [5.41, 5.74) is 6.14. The molecule has 3 N–H and O–H groups in total. The monoisotopic (exact) mass is 332 g/mol. The molecule has 2 aromatic rings. The van der Waals surface area contributed by atoms with Crippen molar-refractivity contribution in [2.24, 2.45) is 11.7 Å². The Labute approximate surface area is 138 Å². The SMILES string of the molecule is CC(C(=O)Nc1nc2ccccc2s1)N1CCC(CC(N)=O)C1. The molecule has 0 bridgehead atoms. The summed E-state index contributed by atoms with van der Waals surface area (Å²) in [7, 11) is 0. The number of anilines is 1. The third kappa shape index (κ3) is 3.68. The number of nitrogens with zero attached hydrogens (tertiary/aromatic N) is 2. The van der Waals surface area contributed by atoms with Crippen molar-refractivity contribution in [1.29, 1.82) is 0 Å². The van der Waals surface area contributed by atoms with Crippen molar-refractivity contribution in [3.63, 3.8) is 0 Å². The largest absolute Gasteiger partial charge is 0.370 e. The normalized spacial score (nSPS) is 19.8. The van der Waals surface area contributed by atoms with Gasteiger partial charge in [-0.1, -0.05) is 23.5 Å². The fraction of sp³-hybridized carbons (Fsp3) is 0.438. The van der Waals surface area contributed by atoms with Crippen LogP contribution in [0.2, 0.25) is 0 Å². The van der Waals surface area contributed by atoms with E-state index in [2.05, 4.69) is 15.2 Å². The van der Waals surface area contributed by atoms with Gasteiger partial charge < -0.3 is 11.1 Å². The van der Waals surface area contributed by atoms with Crippen LogP contribution in [0.5, 0.6) is 0 Å². The van der Waals surface area contributed by atoms with Crippen LogP contribution < -0.4 is 11.1 Å². The lowest BCUT2D eigenvalue weighted by Gasteiger charge is -2.22. The summed E-state index contributed by atoms with van der Waals surface area (Å²) >= 11 is 1.47. The lowest BCUT2D eigenvalue weighted by molar-refractivity contribution is -0.120. The molecular formula is C16H20N4O2S. The number of hydrogen-bond acceptors (Lipinski definition) is 5. The van der Waals surface area contributed by atoms with E-state index in [-0.39, 0.29) is 23.8 Å². The topological polar surface area (TPSA) is 88.3 Å². The second kappa shape index (κ2) is 6.64. The maximum absolute atomic E-state index is 12.4. The number of para-hydroxylation sites is 1. The van der Waals surface area contributed by atoms with Crippen molar-refractivity contribution in [3.05, 3.63) is 24.3 Å². The van der Waals surface area contributed by atoms with Crippen molar-refractivity contribution in [2.75, 3.05) is 18.4 Å². The van der Waals surface area contributed by atoms with Gasteiger partial charge in [0.05, 0.1) is 16.3 Å². The van der Waals surface area contributed by atoms with Crippen LogP contribution in [0.3, 0.4) is 0 Å². The molecule has 1 aliphatic rings. The average molecular weight is 332 g/mol. The fourth-order valence-electron chi connectivity index (χ4n) is 2.97. The van der Waals surface area contributed by atoms with E-state index >= 15 is 0 Å². The number of likely N-dealkylation sites (tertiary alicyclic amines) is 1. The molecule has 2 amide bonds. The van der Waals surface area contributed by atoms with Gasteiger partial charge in [0.25, 0.3) is 0 Å². The van der Waals surface area contributed by atoms with Crippen LogP contribution in [0.25, 0.3) is 10.2 Å². The molecule has 0 radical (unpaired) electrons. The zero-order valence-corrected chi connectivity index (χ0v) is 13.8. The molecule has 1 aliphatic heterocycles. The van der Waals surface area contributed by atoms with Gasteiger partial charge in [0.15, 0.2) is 5.13 Å². The zero-order chi connectivity index (χ0) is 16.4. The number of nitrogens with one attached hydrogen (secondary N) is 1. The Balaban J connectivity index is 1.60. The van der Waals surface area contributed by atoms with Crippen LogP contribution in [0.15, 0.2) is 24.3 Å². The lowest BCUT2D eigenvalue weighted by atomic mass is 10.1. The molecule has 0 spiro atoms. The Hall–Kier alpha value is -1.99. The predicted molar refractivity (Wildman–Crippen MR) is 91.2 cm³/mol. The fourth-order valence-corrected chi connectivity index (χ4v) is 3.84. The molecular weight excluding hydrogens is 312 g/mol. The highest BCUT2D eigenvalue weighted by molar-refractivity contribution is 7.22. The zero-order valence-electron chi connectivity index (χ0n) is 13.0. The second-order valence-electron chi connectivity index (χ2n) is 5.97. The highest BCUT2D eigenvalue weighted by atomic mass is 32.1. The molecule has 2 heterocycles. The molecule has 2 atom stereocenters. The standard InChI is InChI=1S/C16H20N4O2S/c1-10(20-7-6-11(9-20)8-14(17)21)15(22)19-16-18-12-4-2-3-5-13(12)23-16/h2-5,10-11H,6-9H2,1H3,(H2,17,21)(H,18,19,22). The first-order valence-corrected chi connectivity index (χ1v) is 8.53. The van der Waals surface area contributed by atoms with Crippen molar-refractivity contribution in [3.8, 4) is 0 Å². The minimum atomic E-state index is -0.275. The Morgan fingerprint density at radius 2 is 2.26 bits per heavy atom. The molecule has 23 heavy (non-hydrogen) atoms. The number of benzene rings is 1. The lowest BCUT2D eigenvalue weighted by Crippen LogP contribution is -2.40. The van der Waals surface area contributed by atoms with Gasteiger partial charge in [-0.15, -0.1) is 0 Å². The first-order valence-electron chi connectivity index (χ1n) is 7.71. The number of primary amides is 1. The van der Waals surface area contributed by atoms with Crippen LogP contribution in [0.4, 0.5) is 5.13 Å². The summed E-state index contributed by atoms with van der Waals surface area (Å²) < 4.78 is 1.05. The minimum Gasteiger partial charge on any atom is -0.370 e. The van der Waals surface area contributed by atoms with Crippen LogP contribution in [0, 0.1) is 5.92 Å². The molecule has 3 rings (SSSR count). The van der Waals surface area contributed by atoms with Crippen molar-refractivity contribution in [1.82, 2.24) is 9.88 Å². The van der Waals surface area contributed by atoms with Gasteiger partial charge in [-0.05, 0) is 37.9 Å². The maximum Gasteiger partial charge on any atom is 0.243 e. The van der Waals surface area contributed by atoms with E-state index in [1.165, 1.54) is 11.3 Å². The van der Waals surface area contributed by atoms with E-state index in [1.54, 1.807) is 0 Å². The Morgan fingerprint density at radius 1 is 1.48 bits per heavy atom. The summed E-state index contributed by atoms with van der Waals surface area (Å²) in [5.74, 6) is -0.0857. The number of carbonyl (C=O) groups excluding carboxylic acids is 2. The molecule has 2 unspecified atom stereocenters. The number of amides is 2. The van der Waals surface area contributed by atoms with Gasteiger partial charge in [-0.2, -0.15) is 0 Å². The van der Waals surface area contributed by atoms with Gasteiger partial charge in [0.2, 0.25) is 11.8 Å². The van der Waals surface area contributed by atoms with Gasteiger partial charge >= 0.3 is 0 Å². The molecule has 1 aromatic heterocycles. The van der Waals surface area contributed by atoms with Gasteiger partial charge in [0.1, 0.15) is 0 Å². The number of thiazole rings is 1. The molecule has 1 fully saturated rings. The Kier molecular flexibility index (Phi) is 4.58.